The van der Waals surface area contributed by atoms with Gasteiger partial charge < -0.3 is 0 Å². The van der Waals surface area contributed by atoms with Gasteiger partial charge in [-0.3, -0.25) is 0 Å². The van der Waals surface area contributed by atoms with E-state index in [1.807, 2.05) is 10.6 Å². The number of halogens is 2. The van der Waals surface area contributed by atoms with E-state index in [-0.39, 0.29) is 0 Å². The van der Waals surface area contributed by atoms with Crippen LogP contribution in [0.4, 0.5) is 0 Å². The second-order valence-electron chi connectivity index (χ2n) is 2.20. The van der Waals surface area contributed by atoms with E-state index in [0.29, 0.717) is 0 Å². The summed E-state index contributed by atoms with van der Waals surface area (Å²) in [5, 5.41) is 0. The summed E-state index contributed by atoms with van der Waals surface area (Å²) in [6.07, 6.45) is 3.64. The van der Waals surface area contributed by atoms with Crippen molar-refractivity contribution in [3.05, 3.63) is 21.7 Å². The second kappa shape index (κ2) is 3.13. The van der Waals surface area contributed by atoms with E-state index in [4.69, 9.17) is 0 Å². The number of rotatable bonds is 0. The molecule has 0 N–H and O–H groups in total. The van der Waals surface area contributed by atoms with Crippen LogP contribution in [0.15, 0.2) is 21.7 Å². The topological polar surface area (TPSA) is 30.2 Å². The van der Waals surface area contributed by atoms with Crippen LogP contribution in [-0.4, -0.2) is 31.2 Å². The molecule has 0 aromatic carbocycles. The summed E-state index contributed by atoms with van der Waals surface area (Å²) < 4.78 is 4.61. The van der Waals surface area contributed by atoms with Crippen molar-refractivity contribution in [1.82, 2.24) is 14.4 Å². The van der Waals surface area contributed by atoms with E-state index < -0.39 is 0 Å². The Morgan fingerprint density at radius 3 is 2.83 bits per heavy atom. The second-order valence-corrected chi connectivity index (χ2v) is 4.81. The van der Waals surface area contributed by atoms with Gasteiger partial charge in [-0.2, -0.15) is 0 Å². The Morgan fingerprint density at radius 1 is 1.42 bits per heavy atom. The molecule has 3 nitrogen and oxygen atoms in total. The van der Waals surface area contributed by atoms with E-state index in [2.05, 4.69) is 41.8 Å². The fourth-order valence-electron chi connectivity index (χ4n) is 0.986. The molecule has 0 amide bonds. The third-order valence-corrected chi connectivity index (χ3v) is 3.50. The van der Waals surface area contributed by atoms with Crippen LogP contribution in [0, 0.1) is 0 Å². The molecule has 0 aliphatic carbocycles. The number of fused-ring (bicyclic) bond motifs is 1. The molecule has 0 fully saturated rings. The Labute approximate surface area is 94.3 Å². The first-order chi connectivity index (χ1) is 5.70. The van der Waals surface area contributed by atoms with Crippen molar-refractivity contribution in [2.75, 3.05) is 0 Å². The zero-order valence-electron chi connectivity index (χ0n) is 5.83. The molecular formula is C6H4AsBr2N3. The summed E-state index contributed by atoms with van der Waals surface area (Å²) in [6, 6.07) is 0. The molecular weight excluding hydrogens is 349 g/mol. The van der Waals surface area contributed by atoms with Crippen LogP contribution in [0.5, 0.6) is 0 Å². The Hall–Kier alpha value is 0.138. The minimum absolute atomic E-state index is 0.797. The van der Waals surface area contributed by atoms with Crippen LogP contribution in [0.2, 0.25) is 0 Å². The fraction of sp³-hybridized carbons (Fsp3) is 0. The zero-order chi connectivity index (χ0) is 8.72. The number of nitrogens with zero attached hydrogens (tertiary/aromatic N) is 3. The summed E-state index contributed by atoms with van der Waals surface area (Å²) in [5.41, 5.74) is 1.03. The zero-order valence-corrected chi connectivity index (χ0v) is 11.4. The molecule has 2 heterocycles. The molecule has 0 aliphatic rings. The van der Waals surface area contributed by atoms with E-state index in [1.165, 1.54) is 16.9 Å². The molecule has 62 valence electrons. The predicted octanol–water partition coefficient (Wildman–Crippen LogP) is 0.513. The molecule has 0 saturated carbocycles. The number of hydrogen-bond acceptors (Lipinski definition) is 2. The third-order valence-electron chi connectivity index (χ3n) is 1.50. The van der Waals surface area contributed by atoms with Gasteiger partial charge in [0.05, 0.1) is 0 Å². The van der Waals surface area contributed by atoms with Crippen LogP contribution in [0.3, 0.4) is 0 Å². The molecule has 2 aromatic rings. The van der Waals surface area contributed by atoms with Gasteiger partial charge in [0, 0.05) is 0 Å². The summed E-state index contributed by atoms with van der Waals surface area (Å²) in [5.74, 6) is 0. The minimum atomic E-state index is 0.797. The van der Waals surface area contributed by atoms with Crippen LogP contribution in [-0.2, 0) is 0 Å². The molecule has 0 radical (unpaired) electrons. The van der Waals surface area contributed by atoms with Gasteiger partial charge in [0.1, 0.15) is 0 Å². The summed E-state index contributed by atoms with van der Waals surface area (Å²) in [4.78, 5) is 8.41. The summed E-state index contributed by atoms with van der Waals surface area (Å²) in [6.45, 7) is 0. The quantitative estimate of drug-likeness (QED) is 0.647. The van der Waals surface area contributed by atoms with E-state index >= 15 is 0 Å². The van der Waals surface area contributed by atoms with Gasteiger partial charge in [-0.25, -0.2) is 0 Å². The van der Waals surface area contributed by atoms with Crippen LogP contribution in [0.25, 0.3) is 5.52 Å². The average molecular weight is 353 g/mol. The van der Waals surface area contributed by atoms with E-state index in [9.17, 15) is 0 Å². The van der Waals surface area contributed by atoms with Crippen LogP contribution < -0.4 is 4.48 Å². The van der Waals surface area contributed by atoms with Crippen LogP contribution in [0.1, 0.15) is 0 Å². The fourth-order valence-corrected chi connectivity index (χ4v) is 3.46. The number of aromatic nitrogens is 3. The molecule has 6 heteroatoms. The number of imidazole rings is 1. The van der Waals surface area contributed by atoms with Gasteiger partial charge in [-0.1, -0.05) is 0 Å². The van der Waals surface area contributed by atoms with Gasteiger partial charge in [0.15, 0.2) is 0 Å². The van der Waals surface area contributed by atoms with Gasteiger partial charge in [-0.05, 0) is 0 Å². The Bertz CT molecular complexity index is 440. The summed E-state index contributed by atoms with van der Waals surface area (Å²) in [7, 11) is 0. The van der Waals surface area contributed by atoms with Crippen LogP contribution >= 0.6 is 31.9 Å². The molecule has 2 rings (SSSR count). The normalized spacial score (nSPS) is 10.9. The molecule has 0 bridgehead atoms. The molecule has 0 spiro atoms. The molecule has 1 unspecified atom stereocenters. The number of hydrogen-bond donors (Lipinski definition) is 0. The first kappa shape index (κ1) is 8.72. The molecule has 1 atom stereocenters. The van der Waals surface area contributed by atoms with Crippen molar-refractivity contribution in [2.45, 2.75) is 0 Å². The predicted molar refractivity (Wildman–Crippen MR) is 56.6 cm³/mol. The van der Waals surface area contributed by atoms with Crippen molar-refractivity contribution in [3.63, 3.8) is 0 Å². The average Bonchev–Trinajstić information content (AvgIpc) is 2.29. The molecule has 0 saturated heterocycles. The molecule has 2 aromatic heterocycles. The maximum absolute atomic E-state index is 4.22. The van der Waals surface area contributed by atoms with Crippen molar-refractivity contribution in [1.29, 1.82) is 0 Å². The SMILES string of the molecule is [AsH2]c1nccn2c(Br)nc(Br)c12. The van der Waals surface area contributed by atoms with Gasteiger partial charge in [0.2, 0.25) is 0 Å². The Balaban J connectivity index is 2.99. The summed E-state index contributed by atoms with van der Waals surface area (Å²) >= 11 is 8.22. The molecule has 12 heavy (non-hydrogen) atoms. The van der Waals surface area contributed by atoms with E-state index in [1.54, 1.807) is 6.20 Å². The van der Waals surface area contributed by atoms with Gasteiger partial charge in [-0.15, -0.1) is 0 Å². The first-order valence-electron chi connectivity index (χ1n) is 3.13. The van der Waals surface area contributed by atoms with E-state index in [0.717, 1.165) is 19.3 Å². The molecule has 0 aliphatic heterocycles. The van der Waals surface area contributed by atoms with Crippen molar-refractivity contribution in [2.24, 2.45) is 0 Å². The Kier molecular flexibility index (Phi) is 2.27. The van der Waals surface area contributed by atoms with Crippen molar-refractivity contribution < 1.29 is 0 Å². The maximum atomic E-state index is 4.22. The van der Waals surface area contributed by atoms with Crippen molar-refractivity contribution >= 4 is 58.7 Å². The van der Waals surface area contributed by atoms with Crippen molar-refractivity contribution in [3.8, 4) is 0 Å². The standard InChI is InChI=1S/C6H4AsBr2N3/c7-4-3-5(8)11-6(9)12(3)2-1-10-4/h1-2H,7H2. The van der Waals surface area contributed by atoms with Gasteiger partial charge in [0.25, 0.3) is 0 Å². The first-order valence-corrected chi connectivity index (χ1v) is 5.93. The third kappa shape index (κ3) is 1.24. The monoisotopic (exact) mass is 351 g/mol. The van der Waals surface area contributed by atoms with Gasteiger partial charge >= 0.3 is 94.8 Å². The Morgan fingerprint density at radius 2 is 2.17 bits per heavy atom.